The normalized spacial score (nSPS) is 22.4. The highest BCUT2D eigenvalue weighted by Crippen LogP contribution is 2.30. The summed E-state index contributed by atoms with van der Waals surface area (Å²) in [7, 11) is 0. The number of aliphatic hydroxyl groups excluding tert-OH is 8. The average molecular weight is 1360 g/mol. The molecule has 2 rings (SSSR count). The molecule has 2 fully saturated rings. The molecule has 0 saturated carbocycles. The second kappa shape index (κ2) is 66.2. The summed E-state index contributed by atoms with van der Waals surface area (Å²) in [5.74, 6) is -0.246. The van der Waals surface area contributed by atoms with Crippen molar-refractivity contribution in [3.05, 3.63) is 48.6 Å². The van der Waals surface area contributed by atoms with Crippen molar-refractivity contribution in [2.45, 2.75) is 447 Å². The number of allylic oxidation sites excluding steroid dienone is 7. The maximum atomic E-state index is 13.4. The topological polar surface area (TPSA) is 228 Å². The van der Waals surface area contributed by atoms with Gasteiger partial charge in [-0.25, -0.2) is 0 Å². The van der Waals surface area contributed by atoms with Gasteiger partial charge in [0.25, 0.3) is 0 Å². The molecule has 0 aromatic carbocycles. The lowest BCUT2D eigenvalue weighted by Gasteiger charge is -2.46. The molecule has 0 aliphatic carbocycles. The molecule has 1 amide bonds. The van der Waals surface area contributed by atoms with Crippen molar-refractivity contribution in [3.63, 3.8) is 0 Å². The van der Waals surface area contributed by atoms with Crippen LogP contribution in [0.3, 0.4) is 0 Å². The first kappa shape index (κ1) is 90.0. The van der Waals surface area contributed by atoms with Crippen LogP contribution in [-0.2, 0) is 23.7 Å². The van der Waals surface area contributed by atoms with E-state index in [1.807, 2.05) is 6.08 Å². The van der Waals surface area contributed by atoms with Gasteiger partial charge in [0, 0.05) is 6.42 Å². The van der Waals surface area contributed by atoms with E-state index in [2.05, 4.69) is 55.6 Å². The van der Waals surface area contributed by atoms with E-state index in [4.69, 9.17) is 18.9 Å². The van der Waals surface area contributed by atoms with Gasteiger partial charge in [-0.1, -0.05) is 345 Å². The minimum Gasteiger partial charge on any atom is -0.394 e. The maximum absolute atomic E-state index is 13.4. The number of rotatable bonds is 69. The Labute approximate surface area is 588 Å². The van der Waals surface area contributed by atoms with Gasteiger partial charge in [-0.15, -0.1) is 0 Å². The number of hydrogen-bond donors (Lipinski definition) is 9. The SMILES string of the molecule is CCCCCCCCCC/C=C\CCCCCCCCCCCCCCCCCCCCCCCCCCCCCCCC(=O)NC(COC1OC(CO)C(OC2OC(CO)C(O)C(O)C2O)C(O)C1O)C(O)/C=C/CC/C=C/CC/C=C/CCCCCCCCCCCCC. The Balaban J connectivity index is 1.56. The fraction of sp³-hybridized carbons (Fsp3) is 0.890. The molecule has 0 aromatic rings. The van der Waals surface area contributed by atoms with Gasteiger partial charge in [-0.3, -0.25) is 4.79 Å². The molecule has 2 heterocycles. The lowest BCUT2D eigenvalue weighted by Crippen LogP contribution is -2.65. The number of ether oxygens (including phenoxy) is 4. The zero-order chi connectivity index (χ0) is 69.4. The number of aliphatic hydroxyl groups is 8. The molecular formula is C82H153NO13. The van der Waals surface area contributed by atoms with Crippen LogP contribution in [0.1, 0.15) is 373 Å². The molecule has 0 aromatic heterocycles. The summed E-state index contributed by atoms with van der Waals surface area (Å²) in [5, 5.41) is 87.5. The van der Waals surface area contributed by atoms with E-state index in [1.54, 1.807) is 6.08 Å². The summed E-state index contributed by atoms with van der Waals surface area (Å²) < 4.78 is 22.9. The quantitative estimate of drug-likeness (QED) is 0.0204. The van der Waals surface area contributed by atoms with Gasteiger partial charge in [-0.2, -0.15) is 0 Å². The average Bonchev–Trinajstić information content (AvgIpc) is 0.807. The number of carbonyl (C=O) groups is 1. The molecule has 12 unspecified atom stereocenters. The van der Waals surface area contributed by atoms with E-state index in [9.17, 15) is 45.6 Å². The molecule has 0 radical (unpaired) electrons. The fourth-order valence-corrected chi connectivity index (χ4v) is 13.5. The van der Waals surface area contributed by atoms with E-state index < -0.39 is 86.8 Å². The van der Waals surface area contributed by atoms with Crippen LogP contribution in [0.4, 0.5) is 0 Å². The highest BCUT2D eigenvalue weighted by atomic mass is 16.7. The van der Waals surface area contributed by atoms with Crippen LogP contribution in [0.2, 0.25) is 0 Å². The second-order valence-electron chi connectivity index (χ2n) is 28.9. The standard InChI is InChI=1S/C82H153NO13/c1-3-5-7-9-11-13-15-17-19-21-23-25-26-27-28-29-30-31-32-33-34-35-36-37-38-39-40-41-42-43-44-46-48-50-52-54-56-58-60-62-64-66-74(87)83-70(71(86)65-63-61-59-57-55-53-51-49-47-45-24-22-20-18-16-14-12-10-8-6-4-2)69-93-81-79(92)77(90)80(73(68-85)95-81)96-82-78(91)76(89)75(88)72(67-84)94-82/h21,23,47,49,55,57,63,65,70-73,75-82,84-86,88-92H,3-20,22,24-46,48,50-54,56,58-62,64,66-69H2,1-2H3,(H,83,87)/b23-21-,49-47+,57-55+,65-63+. The number of amides is 1. The highest BCUT2D eigenvalue weighted by molar-refractivity contribution is 5.76. The molecule has 14 heteroatoms. The molecule has 0 spiro atoms. The van der Waals surface area contributed by atoms with E-state index in [0.717, 1.165) is 44.9 Å². The third-order valence-corrected chi connectivity index (χ3v) is 20.0. The lowest BCUT2D eigenvalue weighted by molar-refractivity contribution is -0.359. The monoisotopic (exact) mass is 1360 g/mol. The van der Waals surface area contributed by atoms with Crippen LogP contribution < -0.4 is 5.32 Å². The Morgan fingerprint density at radius 3 is 1.02 bits per heavy atom. The van der Waals surface area contributed by atoms with Crippen molar-refractivity contribution in [1.82, 2.24) is 5.32 Å². The van der Waals surface area contributed by atoms with E-state index in [1.165, 1.54) is 295 Å². The molecule has 0 bridgehead atoms. The summed E-state index contributed by atoms with van der Waals surface area (Å²) in [5.41, 5.74) is 0. The Bertz CT molecular complexity index is 1800. The maximum Gasteiger partial charge on any atom is 0.220 e. The van der Waals surface area contributed by atoms with Gasteiger partial charge in [-0.05, 0) is 70.6 Å². The van der Waals surface area contributed by atoms with Gasteiger partial charge in [0.1, 0.15) is 48.8 Å². The lowest BCUT2D eigenvalue weighted by atomic mass is 9.97. The van der Waals surface area contributed by atoms with Crippen molar-refractivity contribution in [2.75, 3.05) is 19.8 Å². The largest absolute Gasteiger partial charge is 0.394 e. The summed E-state index contributed by atoms with van der Waals surface area (Å²) >= 11 is 0. The number of carbonyl (C=O) groups excluding carboxylic acids is 1. The molecule has 9 N–H and O–H groups in total. The third-order valence-electron chi connectivity index (χ3n) is 20.0. The van der Waals surface area contributed by atoms with Crippen LogP contribution >= 0.6 is 0 Å². The number of nitrogens with one attached hydrogen (secondary N) is 1. The summed E-state index contributed by atoms with van der Waals surface area (Å²) in [6.45, 7) is 2.82. The molecule has 96 heavy (non-hydrogen) atoms. The fourth-order valence-electron chi connectivity index (χ4n) is 13.5. The Kier molecular flexibility index (Phi) is 62.1. The van der Waals surface area contributed by atoms with Crippen molar-refractivity contribution in [2.24, 2.45) is 0 Å². The predicted octanol–water partition coefficient (Wildman–Crippen LogP) is 18.6. The summed E-state index contributed by atoms with van der Waals surface area (Å²) in [6, 6.07) is -0.938. The van der Waals surface area contributed by atoms with Gasteiger partial charge in [0.05, 0.1) is 32.0 Å². The van der Waals surface area contributed by atoms with Gasteiger partial charge < -0.3 is 65.1 Å². The van der Waals surface area contributed by atoms with Gasteiger partial charge in [0.15, 0.2) is 12.6 Å². The van der Waals surface area contributed by atoms with Crippen LogP contribution in [0, 0.1) is 0 Å². The van der Waals surface area contributed by atoms with E-state index in [-0.39, 0.29) is 18.9 Å². The van der Waals surface area contributed by atoms with Gasteiger partial charge >= 0.3 is 0 Å². The zero-order valence-corrected chi connectivity index (χ0v) is 61.9. The van der Waals surface area contributed by atoms with E-state index in [0.29, 0.717) is 12.8 Å². The Morgan fingerprint density at radius 2 is 0.667 bits per heavy atom. The molecule has 2 aliphatic heterocycles. The minimum atomic E-state index is -1.79. The van der Waals surface area contributed by atoms with Crippen LogP contribution in [0.5, 0.6) is 0 Å². The molecule has 2 aliphatic rings. The summed E-state index contributed by atoms with van der Waals surface area (Å²) in [4.78, 5) is 13.4. The molecule has 564 valence electrons. The number of hydrogen-bond acceptors (Lipinski definition) is 13. The van der Waals surface area contributed by atoms with Crippen LogP contribution in [-0.4, -0.2) is 140 Å². The molecule has 2 saturated heterocycles. The zero-order valence-electron chi connectivity index (χ0n) is 61.9. The first-order valence-corrected chi connectivity index (χ1v) is 40.9. The molecular weight excluding hydrogens is 1210 g/mol. The predicted molar refractivity (Wildman–Crippen MR) is 397 cm³/mol. The van der Waals surface area contributed by atoms with Crippen LogP contribution in [0.15, 0.2) is 48.6 Å². The Hall–Kier alpha value is -2.05. The van der Waals surface area contributed by atoms with E-state index >= 15 is 0 Å². The van der Waals surface area contributed by atoms with Crippen LogP contribution in [0.25, 0.3) is 0 Å². The number of unbranched alkanes of at least 4 members (excludes halogenated alkanes) is 50. The summed E-state index contributed by atoms with van der Waals surface area (Å²) in [6.07, 6.45) is 72.2. The highest BCUT2D eigenvalue weighted by Gasteiger charge is 2.51. The Morgan fingerprint density at radius 1 is 0.365 bits per heavy atom. The molecule has 14 nitrogen and oxygen atoms in total. The van der Waals surface area contributed by atoms with Crippen molar-refractivity contribution in [3.8, 4) is 0 Å². The smallest absolute Gasteiger partial charge is 0.220 e. The first-order chi connectivity index (χ1) is 47.1. The minimum absolute atomic E-state index is 0.246. The second-order valence-corrected chi connectivity index (χ2v) is 28.9. The molecule has 12 atom stereocenters. The van der Waals surface area contributed by atoms with Crippen molar-refractivity contribution >= 4 is 5.91 Å². The van der Waals surface area contributed by atoms with Crippen molar-refractivity contribution < 1.29 is 64.6 Å². The van der Waals surface area contributed by atoms with Crippen molar-refractivity contribution in [1.29, 1.82) is 0 Å². The van der Waals surface area contributed by atoms with Gasteiger partial charge in [0.2, 0.25) is 5.91 Å². The first-order valence-electron chi connectivity index (χ1n) is 40.9. The third kappa shape index (κ3) is 48.7.